The number of carbonyl (C=O) groups excluding carboxylic acids is 1. The van der Waals surface area contributed by atoms with E-state index in [4.69, 9.17) is 11.6 Å². The molecule has 4 rings (SSSR count). The van der Waals surface area contributed by atoms with E-state index < -0.39 is 22.9 Å². The highest BCUT2D eigenvalue weighted by molar-refractivity contribution is 6.31. The quantitative estimate of drug-likeness (QED) is 0.350. The Kier molecular flexibility index (Phi) is 7.41. The Morgan fingerprint density at radius 3 is 2.37 bits per heavy atom. The molecule has 1 amide bonds. The molecule has 9 heteroatoms. The van der Waals surface area contributed by atoms with Crippen LogP contribution in [0, 0.1) is 11.6 Å². The van der Waals surface area contributed by atoms with Crippen molar-refractivity contribution in [2.45, 2.75) is 32.4 Å². The molecule has 0 aliphatic carbocycles. The normalized spacial score (nSPS) is 11.1. The second kappa shape index (κ2) is 10.7. The van der Waals surface area contributed by atoms with E-state index in [1.54, 1.807) is 30.3 Å². The number of fused-ring (bicyclic) bond motifs is 1. The second-order valence-electron chi connectivity index (χ2n) is 8.06. The maximum absolute atomic E-state index is 14.4. The number of unbranched alkanes of at least 4 members (excludes halogenated alkanes) is 1. The number of nitrogens with zero attached hydrogens (tertiary/aromatic N) is 2. The highest BCUT2D eigenvalue weighted by atomic mass is 35.5. The summed E-state index contributed by atoms with van der Waals surface area (Å²) in [6.07, 6.45) is 0.981. The topological polar surface area (TPSA) is 73.1 Å². The first-order chi connectivity index (χ1) is 16.8. The Morgan fingerprint density at radius 2 is 1.63 bits per heavy atom. The van der Waals surface area contributed by atoms with Crippen molar-refractivity contribution in [3.63, 3.8) is 0 Å². The molecule has 0 fully saturated rings. The summed E-state index contributed by atoms with van der Waals surface area (Å²) in [7, 11) is 0. The molecule has 1 aromatic heterocycles. The van der Waals surface area contributed by atoms with Gasteiger partial charge in [0.1, 0.15) is 11.6 Å². The van der Waals surface area contributed by atoms with Crippen molar-refractivity contribution in [2.75, 3.05) is 5.32 Å². The third kappa shape index (κ3) is 5.49. The van der Waals surface area contributed by atoms with Gasteiger partial charge in [0.15, 0.2) is 0 Å². The van der Waals surface area contributed by atoms with Crippen molar-refractivity contribution in [3.8, 4) is 0 Å². The average molecular weight is 498 g/mol. The van der Waals surface area contributed by atoms with Gasteiger partial charge in [-0.05, 0) is 61.4 Å². The summed E-state index contributed by atoms with van der Waals surface area (Å²) >= 11 is 6.17. The Balaban J connectivity index is 1.53. The summed E-state index contributed by atoms with van der Waals surface area (Å²) in [5.41, 5.74) is -0.00121. The van der Waals surface area contributed by atoms with Gasteiger partial charge in [-0.3, -0.25) is 18.7 Å². The minimum absolute atomic E-state index is 0.0946. The maximum atomic E-state index is 14.4. The molecule has 0 radical (unpaired) electrons. The molecule has 6 nitrogen and oxygen atoms in total. The van der Waals surface area contributed by atoms with Gasteiger partial charge in [-0.15, -0.1) is 0 Å². The van der Waals surface area contributed by atoms with E-state index in [0.29, 0.717) is 29.4 Å². The first-order valence-corrected chi connectivity index (χ1v) is 11.4. The lowest BCUT2D eigenvalue weighted by atomic mass is 10.2. The van der Waals surface area contributed by atoms with Gasteiger partial charge in [-0.1, -0.05) is 29.8 Å². The van der Waals surface area contributed by atoms with Crippen LogP contribution in [0.15, 0.2) is 76.3 Å². The zero-order valence-electron chi connectivity index (χ0n) is 18.6. The van der Waals surface area contributed by atoms with Crippen molar-refractivity contribution in [3.05, 3.63) is 110 Å². The number of halogens is 3. The standard InChI is InChI=1S/C26H22ClF2N3O3/c27-21-7-5-8-22(29)20(21)16-32-23-9-2-1-6-19(23)25(34)31(26(32)35)15-4-3-10-24(33)30-18-13-11-17(28)12-14-18/h1-2,5-9,11-14H,3-4,10,15-16H2,(H,30,33). The summed E-state index contributed by atoms with van der Waals surface area (Å²) in [5, 5.41) is 3.19. The number of aromatic nitrogens is 2. The molecular weight excluding hydrogens is 476 g/mol. The number of benzene rings is 3. The molecule has 4 aromatic rings. The van der Waals surface area contributed by atoms with Crippen molar-refractivity contribution in [1.82, 2.24) is 9.13 Å². The van der Waals surface area contributed by atoms with Crippen LogP contribution in [0.1, 0.15) is 24.8 Å². The molecule has 180 valence electrons. The zero-order valence-corrected chi connectivity index (χ0v) is 19.4. The number of carbonyl (C=O) groups is 1. The maximum Gasteiger partial charge on any atom is 0.331 e. The molecule has 1 N–H and O–H groups in total. The monoisotopic (exact) mass is 497 g/mol. The molecule has 0 atom stereocenters. The van der Waals surface area contributed by atoms with Crippen molar-refractivity contribution in [2.24, 2.45) is 0 Å². The first-order valence-electron chi connectivity index (χ1n) is 11.1. The average Bonchev–Trinajstić information content (AvgIpc) is 2.84. The predicted octanol–water partition coefficient (Wildman–Crippen LogP) is 4.95. The molecule has 0 saturated heterocycles. The molecule has 3 aromatic carbocycles. The molecular formula is C26H22ClF2N3O3. The molecule has 1 heterocycles. The Morgan fingerprint density at radius 1 is 0.886 bits per heavy atom. The SMILES string of the molecule is O=C(CCCCn1c(=O)c2ccccc2n(Cc2c(F)cccc2Cl)c1=O)Nc1ccc(F)cc1. The number of hydrogen-bond donors (Lipinski definition) is 1. The van der Waals surface area contributed by atoms with Gasteiger partial charge < -0.3 is 5.32 Å². The van der Waals surface area contributed by atoms with E-state index in [0.717, 1.165) is 4.57 Å². The van der Waals surface area contributed by atoms with Crippen LogP contribution < -0.4 is 16.6 Å². The number of amides is 1. The lowest BCUT2D eigenvalue weighted by Crippen LogP contribution is -2.40. The molecule has 0 aliphatic rings. The number of nitrogens with one attached hydrogen (secondary N) is 1. The number of hydrogen-bond acceptors (Lipinski definition) is 3. The predicted molar refractivity (Wildman–Crippen MR) is 132 cm³/mol. The molecule has 0 unspecified atom stereocenters. The number of rotatable bonds is 8. The highest BCUT2D eigenvalue weighted by Crippen LogP contribution is 2.21. The summed E-state index contributed by atoms with van der Waals surface area (Å²) in [6.45, 7) is -0.0391. The fraction of sp³-hybridized carbons (Fsp3) is 0.192. The second-order valence-corrected chi connectivity index (χ2v) is 8.46. The van der Waals surface area contributed by atoms with Crippen molar-refractivity contribution < 1.29 is 13.6 Å². The van der Waals surface area contributed by atoms with Crippen LogP contribution in [0.2, 0.25) is 5.02 Å². The Bertz CT molecular complexity index is 1480. The lowest BCUT2D eigenvalue weighted by molar-refractivity contribution is -0.116. The van der Waals surface area contributed by atoms with Crippen LogP contribution in [-0.2, 0) is 17.9 Å². The van der Waals surface area contributed by atoms with E-state index in [1.807, 2.05) is 0 Å². The van der Waals surface area contributed by atoms with Crippen LogP contribution in [0.5, 0.6) is 0 Å². The summed E-state index contributed by atoms with van der Waals surface area (Å²) in [5.74, 6) is -1.20. The largest absolute Gasteiger partial charge is 0.331 e. The van der Waals surface area contributed by atoms with E-state index in [9.17, 15) is 23.2 Å². The van der Waals surface area contributed by atoms with Gasteiger partial charge in [-0.25, -0.2) is 13.6 Å². The third-order valence-electron chi connectivity index (χ3n) is 5.67. The summed E-state index contributed by atoms with van der Waals surface area (Å²) in [6, 6.07) is 16.4. The molecule has 0 saturated carbocycles. The van der Waals surface area contributed by atoms with Gasteiger partial charge in [0.05, 0.1) is 17.4 Å². The van der Waals surface area contributed by atoms with Crippen LogP contribution >= 0.6 is 11.6 Å². The van der Waals surface area contributed by atoms with Crippen LogP contribution in [0.25, 0.3) is 10.9 Å². The minimum atomic E-state index is -0.580. The van der Waals surface area contributed by atoms with E-state index in [1.165, 1.54) is 41.0 Å². The fourth-order valence-electron chi connectivity index (χ4n) is 3.87. The minimum Gasteiger partial charge on any atom is -0.326 e. The van der Waals surface area contributed by atoms with E-state index in [-0.39, 0.29) is 36.0 Å². The van der Waals surface area contributed by atoms with Crippen LogP contribution in [-0.4, -0.2) is 15.0 Å². The highest BCUT2D eigenvalue weighted by Gasteiger charge is 2.16. The zero-order chi connectivity index (χ0) is 24.9. The Hall–Kier alpha value is -3.78. The van der Waals surface area contributed by atoms with Gasteiger partial charge in [0, 0.05) is 29.2 Å². The number of anilines is 1. The third-order valence-corrected chi connectivity index (χ3v) is 6.03. The van der Waals surface area contributed by atoms with Gasteiger partial charge >= 0.3 is 5.69 Å². The molecule has 35 heavy (non-hydrogen) atoms. The van der Waals surface area contributed by atoms with Crippen molar-refractivity contribution in [1.29, 1.82) is 0 Å². The molecule has 0 aliphatic heterocycles. The van der Waals surface area contributed by atoms with E-state index >= 15 is 0 Å². The summed E-state index contributed by atoms with van der Waals surface area (Å²) < 4.78 is 29.9. The van der Waals surface area contributed by atoms with E-state index in [2.05, 4.69) is 5.32 Å². The van der Waals surface area contributed by atoms with Crippen LogP contribution in [0.4, 0.5) is 14.5 Å². The van der Waals surface area contributed by atoms with Crippen molar-refractivity contribution >= 4 is 34.1 Å². The summed E-state index contributed by atoms with van der Waals surface area (Å²) in [4.78, 5) is 38.5. The van der Waals surface area contributed by atoms with Gasteiger partial charge in [0.25, 0.3) is 5.56 Å². The molecule has 0 spiro atoms. The lowest BCUT2D eigenvalue weighted by Gasteiger charge is -2.15. The smallest absolute Gasteiger partial charge is 0.326 e. The number of para-hydroxylation sites is 1. The van der Waals surface area contributed by atoms with Crippen LogP contribution in [0.3, 0.4) is 0 Å². The fourth-order valence-corrected chi connectivity index (χ4v) is 4.10. The first kappa shape index (κ1) is 24.3. The van der Waals surface area contributed by atoms with Gasteiger partial charge in [-0.2, -0.15) is 0 Å². The van der Waals surface area contributed by atoms with Gasteiger partial charge in [0.2, 0.25) is 5.91 Å². The Labute approximate surface area is 204 Å². The molecule has 0 bridgehead atoms.